The number of hydrogen-bond acceptors (Lipinski definition) is 3. The Kier molecular flexibility index (Phi) is 5.85. The van der Waals surface area contributed by atoms with Crippen LogP contribution in [0.2, 0.25) is 5.02 Å². The Bertz CT molecular complexity index is 810. The minimum absolute atomic E-state index is 0.331. The molecule has 0 fully saturated rings. The van der Waals surface area contributed by atoms with Gasteiger partial charge in [0.25, 0.3) is 0 Å². The lowest BCUT2D eigenvalue weighted by Gasteiger charge is -2.28. The molecular weight excluding hydrogens is 348 g/mol. The molecule has 1 N–H and O–H groups in total. The maximum atomic E-state index is 12.4. The van der Waals surface area contributed by atoms with Crippen LogP contribution in [0.4, 0.5) is 5.69 Å². The van der Waals surface area contributed by atoms with Gasteiger partial charge in [0, 0.05) is 11.6 Å². The Morgan fingerprint density at radius 3 is 2.42 bits per heavy atom. The summed E-state index contributed by atoms with van der Waals surface area (Å²) in [6, 6.07) is 14.9. The molecule has 7 heteroatoms. The summed E-state index contributed by atoms with van der Waals surface area (Å²) < 4.78 is 25.4. The summed E-state index contributed by atoms with van der Waals surface area (Å²) in [5, 5.41) is 3.16. The summed E-state index contributed by atoms with van der Waals surface area (Å²) >= 11 is 5.94. The third-order valence-corrected chi connectivity index (χ3v) is 4.94. The number of sulfonamides is 1. The number of carbonyl (C=O) groups is 1. The number of carbonyl (C=O) groups excluding carboxylic acids is 1. The van der Waals surface area contributed by atoms with Gasteiger partial charge in [0.2, 0.25) is 15.9 Å². The number of nitrogens with one attached hydrogen (secondary N) is 1. The van der Waals surface area contributed by atoms with Crippen LogP contribution in [0.25, 0.3) is 0 Å². The lowest BCUT2D eigenvalue weighted by Crippen LogP contribution is -2.47. The van der Waals surface area contributed by atoms with Gasteiger partial charge in [0.1, 0.15) is 6.04 Å². The van der Waals surface area contributed by atoms with Crippen LogP contribution in [0.3, 0.4) is 0 Å². The smallest absolute Gasteiger partial charge is 0.243 e. The molecule has 0 aromatic heterocycles. The van der Waals surface area contributed by atoms with E-state index in [2.05, 4.69) is 5.32 Å². The van der Waals surface area contributed by atoms with Crippen LogP contribution in [0.5, 0.6) is 0 Å². The molecule has 2 rings (SSSR count). The standard InChI is InChI=1S/C17H19ClN2O3S/c1-13(17(21)19-12-14-7-4-3-5-8-14)20(24(2,22)23)16-10-6-9-15(18)11-16/h3-11,13H,12H2,1-2H3,(H,19,21). The minimum Gasteiger partial charge on any atom is -0.350 e. The molecule has 2 aromatic rings. The van der Waals surface area contributed by atoms with Crippen molar-refractivity contribution in [1.82, 2.24) is 5.32 Å². The normalized spacial score (nSPS) is 12.5. The zero-order chi connectivity index (χ0) is 17.7. The first-order chi connectivity index (χ1) is 11.3. The summed E-state index contributed by atoms with van der Waals surface area (Å²) in [4.78, 5) is 12.4. The zero-order valence-corrected chi connectivity index (χ0v) is 15.0. The predicted molar refractivity (Wildman–Crippen MR) is 96.5 cm³/mol. The first kappa shape index (κ1) is 18.3. The molecular formula is C17H19ClN2O3S. The van der Waals surface area contributed by atoms with Gasteiger partial charge < -0.3 is 5.32 Å². The maximum Gasteiger partial charge on any atom is 0.243 e. The van der Waals surface area contributed by atoms with Crippen molar-refractivity contribution in [2.75, 3.05) is 10.6 Å². The zero-order valence-electron chi connectivity index (χ0n) is 13.4. The van der Waals surface area contributed by atoms with E-state index >= 15 is 0 Å². The van der Waals surface area contributed by atoms with E-state index in [1.165, 1.54) is 6.07 Å². The van der Waals surface area contributed by atoms with Crippen molar-refractivity contribution in [3.63, 3.8) is 0 Å². The summed E-state index contributed by atoms with van der Waals surface area (Å²) in [7, 11) is -3.65. The van der Waals surface area contributed by atoms with E-state index in [9.17, 15) is 13.2 Å². The summed E-state index contributed by atoms with van der Waals surface area (Å²) in [5.74, 6) is -0.385. The van der Waals surface area contributed by atoms with E-state index in [4.69, 9.17) is 11.6 Å². The second-order valence-electron chi connectivity index (χ2n) is 5.42. The van der Waals surface area contributed by atoms with Crippen molar-refractivity contribution in [2.45, 2.75) is 19.5 Å². The van der Waals surface area contributed by atoms with Crippen LogP contribution in [-0.2, 0) is 21.4 Å². The fourth-order valence-corrected chi connectivity index (χ4v) is 3.71. The van der Waals surface area contributed by atoms with Crippen molar-refractivity contribution in [2.24, 2.45) is 0 Å². The third kappa shape index (κ3) is 4.72. The SMILES string of the molecule is CC(C(=O)NCc1ccccc1)N(c1cccc(Cl)c1)S(C)(=O)=O. The number of anilines is 1. The second kappa shape index (κ2) is 7.68. The molecule has 0 saturated heterocycles. The van der Waals surface area contributed by atoms with E-state index in [0.717, 1.165) is 16.1 Å². The molecule has 0 bridgehead atoms. The van der Waals surface area contributed by atoms with Gasteiger partial charge in [0.15, 0.2) is 0 Å². The molecule has 0 aliphatic heterocycles. The Morgan fingerprint density at radius 2 is 1.83 bits per heavy atom. The summed E-state index contributed by atoms with van der Waals surface area (Å²) in [6.45, 7) is 1.87. The molecule has 0 aliphatic rings. The van der Waals surface area contributed by atoms with Crippen molar-refractivity contribution in [3.05, 3.63) is 65.2 Å². The van der Waals surface area contributed by atoms with Gasteiger partial charge in [-0.1, -0.05) is 48.0 Å². The van der Waals surface area contributed by atoms with Crippen LogP contribution >= 0.6 is 11.6 Å². The average Bonchev–Trinajstić information content (AvgIpc) is 2.52. The highest BCUT2D eigenvalue weighted by atomic mass is 35.5. The molecule has 5 nitrogen and oxygen atoms in total. The highest BCUT2D eigenvalue weighted by Crippen LogP contribution is 2.24. The quantitative estimate of drug-likeness (QED) is 0.854. The second-order valence-corrected chi connectivity index (χ2v) is 7.71. The Labute approximate surface area is 147 Å². The van der Waals surface area contributed by atoms with Crippen LogP contribution in [0, 0.1) is 0 Å². The number of halogens is 1. The highest BCUT2D eigenvalue weighted by molar-refractivity contribution is 7.92. The fourth-order valence-electron chi connectivity index (χ4n) is 2.35. The van der Waals surface area contributed by atoms with Crippen molar-refractivity contribution >= 4 is 33.2 Å². The first-order valence-corrected chi connectivity index (χ1v) is 9.58. The van der Waals surface area contributed by atoms with E-state index in [-0.39, 0.29) is 5.91 Å². The third-order valence-electron chi connectivity index (χ3n) is 3.46. The molecule has 128 valence electrons. The van der Waals surface area contributed by atoms with Gasteiger partial charge in [-0.2, -0.15) is 0 Å². The summed E-state index contributed by atoms with van der Waals surface area (Å²) in [6.07, 6.45) is 1.06. The molecule has 2 aromatic carbocycles. The number of hydrogen-bond donors (Lipinski definition) is 1. The molecule has 0 heterocycles. The number of amides is 1. The van der Waals surface area contributed by atoms with Gasteiger partial charge in [-0.3, -0.25) is 9.10 Å². The fraction of sp³-hybridized carbons (Fsp3) is 0.235. The van der Waals surface area contributed by atoms with E-state index in [0.29, 0.717) is 17.3 Å². The lowest BCUT2D eigenvalue weighted by atomic mass is 10.2. The van der Waals surface area contributed by atoms with Crippen LogP contribution in [0.15, 0.2) is 54.6 Å². The van der Waals surface area contributed by atoms with Crippen molar-refractivity contribution in [1.29, 1.82) is 0 Å². The minimum atomic E-state index is -3.65. The average molecular weight is 367 g/mol. The molecule has 0 saturated carbocycles. The predicted octanol–water partition coefficient (Wildman–Crippen LogP) is 2.81. The maximum absolute atomic E-state index is 12.4. The highest BCUT2D eigenvalue weighted by Gasteiger charge is 2.29. The molecule has 0 spiro atoms. The van der Waals surface area contributed by atoms with E-state index in [1.807, 2.05) is 30.3 Å². The molecule has 0 radical (unpaired) electrons. The number of benzene rings is 2. The van der Waals surface area contributed by atoms with Crippen LogP contribution in [0.1, 0.15) is 12.5 Å². The number of rotatable bonds is 6. The van der Waals surface area contributed by atoms with E-state index < -0.39 is 16.1 Å². The molecule has 24 heavy (non-hydrogen) atoms. The largest absolute Gasteiger partial charge is 0.350 e. The Hall–Kier alpha value is -2.05. The van der Waals surface area contributed by atoms with Crippen LogP contribution < -0.4 is 9.62 Å². The first-order valence-electron chi connectivity index (χ1n) is 7.35. The van der Waals surface area contributed by atoms with E-state index in [1.54, 1.807) is 25.1 Å². The number of nitrogens with zero attached hydrogens (tertiary/aromatic N) is 1. The van der Waals surface area contributed by atoms with Gasteiger partial charge in [-0.15, -0.1) is 0 Å². The molecule has 1 atom stereocenters. The van der Waals surface area contributed by atoms with Crippen LogP contribution in [-0.4, -0.2) is 26.6 Å². The Balaban J connectivity index is 2.19. The Morgan fingerprint density at radius 1 is 1.17 bits per heavy atom. The molecule has 1 amide bonds. The van der Waals surface area contributed by atoms with Crippen molar-refractivity contribution < 1.29 is 13.2 Å². The lowest BCUT2D eigenvalue weighted by molar-refractivity contribution is -0.122. The topological polar surface area (TPSA) is 66.5 Å². The van der Waals surface area contributed by atoms with Gasteiger partial charge in [0.05, 0.1) is 11.9 Å². The molecule has 0 aliphatic carbocycles. The monoisotopic (exact) mass is 366 g/mol. The summed E-state index contributed by atoms with van der Waals surface area (Å²) in [5.41, 5.74) is 1.29. The molecule has 1 unspecified atom stereocenters. The van der Waals surface area contributed by atoms with Gasteiger partial charge >= 0.3 is 0 Å². The van der Waals surface area contributed by atoms with Gasteiger partial charge in [-0.25, -0.2) is 8.42 Å². The van der Waals surface area contributed by atoms with Crippen molar-refractivity contribution in [3.8, 4) is 0 Å². The van der Waals surface area contributed by atoms with Gasteiger partial charge in [-0.05, 0) is 30.7 Å².